The third-order valence-electron chi connectivity index (χ3n) is 16.5. The Hall–Kier alpha value is -6.54. The molecule has 3 heterocycles. The summed E-state index contributed by atoms with van der Waals surface area (Å²) in [6, 6.07) is 14.4. The van der Waals surface area contributed by atoms with Crippen LogP contribution in [0.1, 0.15) is 95.8 Å². The van der Waals surface area contributed by atoms with Crippen LogP contribution < -0.4 is 14.7 Å². The lowest BCUT2D eigenvalue weighted by atomic mass is 9.75. The Kier molecular flexibility index (Phi) is 19.9. The van der Waals surface area contributed by atoms with Crippen LogP contribution in [-0.2, 0) is 90.8 Å². The molecule has 2 unspecified atom stereocenters. The first-order valence-electron chi connectivity index (χ1n) is 28.1. The number of anilines is 3. The summed E-state index contributed by atoms with van der Waals surface area (Å²) >= 11 is 0. The molecule has 2 atom stereocenters. The Bertz CT molecular complexity index is 4440. The number of carbonyl (C=O) groups excluding carboxylic acids is 3. The van der Waals surface area contributed by atoms with Gasteiger partial charge >= 0.3 is 5.97 Å². The quantitative estimate of drug-likeness (QED) is 0.0304. The fourth-order valence-corrected chi connectivity index (χ4v) is 15.6. The van der Waals surface area contributed by atoms with Gasteiger partial charge in [-0.3, -0.25) is 36.9 Å². The minimum Gasteiger partial charge on any atom is -0.371 e. The van der Waals surface area contributed by atoms with Crippen LogP contribution in [0.4, 0.5) is 21.5 Å². The van der Waals surface area contributed by atoms with Crippen LogP contribution in [0.25, 0.3) is 16.3 Å². The van der Waals surface area contributed by atoms with E-state index in [9.17, 15) is 97.3 Å². The zero-order chi connectivity index (χ0) is 67.4. The van der Waals surface area contributed by atoms with E-state index >= 15 is 4.39 Å². The third-order valence-corrected chi connectivity index (χ3v) is 21.5. The molecule has 34 heteroatoms. The molecule has 4 aromatic carbocycles. The minimum absolute atomic E-state index is 0.0703. The van der Waals surface area contributed by atoms with E-state index in [1.54, 1.807) is 55.7 Å². The predicted molar refractivity (Wildman–Crippen MR) is 331 cm³/mol. The van der Waals surface area contributed by atoms with Crippen molar-refractivity contribution in [3.8, 4) is 0 Å². The van der Waals surface area contributed by atoms with Crippen molar-refractivity contribution in [2.75, 3.05) is 63.9 Å². The smallest absolute Gasteiger partial charge is 0.336 e. The van der Waals surface area contributed by atoms with E-state index in [0.717, 1.165) is 12.1 Å². The van der Waals surface area contributed by atoms with Gasteiger partial charge in [-0.05, 0) is 126 Å². The highest BCUT2D eigenvalue weighted by Gasteiger charge is 2.55. The van der Waals surface area contributed by atoms with Gasteiger partial charge in [0.05, 0.1) is 33.8 Å². The second-order valence-electron chi connectivity index (χ2n) is 23.5. The molecule has 2 amide bonds. The second-order valence-corrected chi connectivity index (χ2v) is 32.6. The van der Waals surface area contributed by atoms with Gasteiger partial charge in [-0.1, -0.05) is 64.1 Å². The number of allylic oxidation sites excluding steroid dienone is 7. The topological polar surface area (TPSA) is 420 Å². The van der Waals surface area contributed by atoms with E-state index in [2.05, 4.69) is 0 Å². The lowest BCUT2D eigenvalue weighted by Crippen LogP contribution is -2.55. The van der Waals surface area contributed by atoms with Crippen molar-refractivity contribution in [3.63, 3.8) is 0 Å². The summed E-state index contributed by atoms with van der Waals surface area (Å²) in [6.07, 6.45) is 3.57. The average Bonchev–Trinajstić information content (AvgIpc) is 1.59. The summed E-state index contributed by atoms with van der Waals surface area (Å²) in [5, 5.41) is 13.5. The lowest BCUT2D eigenvalue weighted by Gasteiger charge is -2.42. The van der Waals surface area contributed by atoms with Gasteiger partial charge in [0.2, 0.25) is 0 Å². The number of halogens is 1. The Morgan fingerprint density at radius 3 is 1.79 bits per heavy atom. The largest absolute Gasteiger partial charge is 0.371 e. The maximum Gasteiger partial charge on any atom is 0.336 e. The molecule has 3 aliphatic heterocycles. The number of fused-ring (bicyclic) bond motifs is 4. The number of amides is 2. The highest BCUT2D eigenvalue weighted by Crippen LogP contribution is 2.55. The van der Waals surface area contributed by atoms with Crippen molar-refractivity contribution in [1.82, 2.24) is 5.06 Å². The van der Waals surface area contributed by atoms with Crippen LogP contribution in [-0.4, -0.2) is 161 Å². The van der Waals surface area contributed by atoms with E-state index in [0.29, 0.717) is 28.1 Å². The molecule has 1 fully saturated rings. The van der Waals surface area contributed by atoms with Gasteiger partial charge in [0.1, 0.15) is 10.7 Å². The number of nitrogens with zero attached hydrogens (tertiary/aromatic N) is 4. The van der Waals surface area contributed by atoms with Gasteiger partial charge in [-0.25, -0.2) is 9.18 Å². The van der Waals surface area contributed by atoms with E-state index in [-0.39, 0.29) is 128 Å². The minimum atomic E-state index is -5.20. The van der Waals surface area contributed by atoms with Crippen molar-refractivity contribution >= 4 is 112 Å². The third kappa shape index (κ3) is 15.8. The number of imide groups is 1. The van der Waals surface area contributed by atoms with Gasteiger partial charge in [0, 0.05) is 83.6 Å². The zero-order valence-corrected chi connectivity index (χ0v) is 54.2. The molecule has 91 heavy (non-hydrogen) atoms. The maximum atomic E-state index is 16.8. The standard InChI is InChI=1S/C57H67FN4O23S6/c1-55(2)49(60(25-9-29-88(73,74)75)47-17-15-41-43(53(47)55)34-40(90(79,80)81)35-48(41)91(82,83)84)18-13-36-31-38(54(65)85-62-50(63)19-20-51(62)64)32-37(52(36)42-11-5-6-12-45(42)58)21-22-57(66)56(3,4)44-33-39(14-16-46(44)61(57)26-10-30-89(76,77)78)59(23-7-27-86(67,68)69)24-8-28-87(70,71)72/h5-6,11-18,21-22,33-35,38,66H,7-10,19-20,23-32H2,1-4H3,(H,67,68,69)(H,70,71,72)(H,73,74,75)(H,76,77,78)(H,79,80,81)(H,82,83,84)/b22-21+,36-13+,49-18+. The van der Waals surface area contributed by atoms with Crippen molar-refractivity contribution in [1.29, 1.82) is 0 Å². The molecule has 4 aromatic rings. The summed E-state index contributed by atoms with van der Waals surface area (Å²) < 4.78 is 223. The van der Waals surface area contributed by atoms with Gasteiger partial charge in [0.25, 0.3) is 72.5 Å². The Morgan fingerprint density at radius 2 is 1.23 bits per heavy atom. The van der Waals surface area contributed by atoms with Gasteiger partial charge in [0.15, 0.2) is 5.72 Å². The summed E-state index contributed by atoms with van der Waals surface area (Å²) in [5.41, 5.74) is -3.21. The highest BCUT2D eigenvalue weighted by molar-refractivity contribution is 7.87. The molecule has 1 saturated heterocycles. The monoisotopic (exact) mass is 1390 g/mol. The molecule has 0 radical (unpaired) electrons. The molecule has 27 nitrogen and oxygen atoms in total. The molecule has 8 rings (SSSR count). The molecule has 496 valence electrons. The van der Waals surface area contributed by atoms with E-state index in [4.69, 9.17) is 4.84 Å². The van der Waals surface area contributed by atoms with Crippen LogP contribution in [0.2, 0.25) is 0 Å². The van der Waals surface area contributed by atoms with Crippen molar-refractivity contribution < 1.29 is 107 Å². The van der Waals surface area contributed by atoms with E-state index in [1.807, 2.05) is 0 Å². The lowest BCUT2D eigenvalue weighted by molar-refractivity contribution is -0.200. The van der Waals surface area contributed by atoms with Crippen LogP contribution in [0, 0.1) is 11.7 Å². The predicted octanol–water partition coefficient (Wildman–Crippen LogP) is 5.81. The van der Waals surface area contributed by atoms with Gasteiger partial charge in [-0.2, -0.15) is 50.5 Å². The highest BCUT2D eigenvalue weighted by atomic mass is 32.2. The number of hydrogen-bond donors (Lipinski definition) is 7. The second kappa shape index (κ2) is 25.7. The van der Waals surface area contributed by atoms with Gasteiger partial charge < -0.3 is 24.6 Å². The Balaban J connectivity index is 1.35. The summed E-state index contributed by atoms with van der Waals surface area (Å²) in [6.45, 7) is 5.83. The Morgan fingerprint density at radius 1 is 0.670 bits per heavy atom. The van der Waals surface area contributed by atoms with E-state index in [1.165, 1.54) is 59.5 Å². The summed E-state index contributed by atoms with van der Waals surface area (Å²) in [7, 11) is -28.5. The molecule has 0 bridgehead atoms. The van der Waals surface area contributed by atoms with Crippen LogP contribution in [0.15, 0.2) is 118 Å². The van der Waals surface area contributed by atoms with Crippen molar-refractivity contribution in [3.05, 3.63) is 130 Å². The number of aliphatic hydroxyl groups is 1. The maximum absolute atomic E-state index is 16.8. The van der Waals surface area contributed by atoms with Crippen LogP contribution in [0.5, 0.6) is 0 Å². The SMILES string of the molecule is CC1(C)/C(=C\C=C2/CC(C(=O)ON3C(=O)CCC3=O)CC(/C=C/C3(O)N(CCCS(=O)(=O)O)c4ccc(N(CCCS(=O)(=O)O)CCCS(=O)(=O)O)cc4C3(C)C)=C2c2ccccc2F)N(CCCS(=O)(=O)O)c2ccc3c(S(=O)(=O)O)cc(S(=O)(=O)O)cc3c21. The molecule has 0 spiro atoms. The fraction of sp³-hybridized carbons (Fsp3) is 0.421. The normalized spacial score (nSPS) is 20.6. The molecule has 4 aliphatic rings. The van der Waals surface area contributed by atoms with E-state index < -0.39 is 140 Å². The Labute approximate surface area is 526 Å². The van der Waals surface area contributed by atoms with Crippen LogP contribution in [0.3, 0.4) is 0 Å². The summed E-state index contributed by atoms with van der Waals surface area (Å²) in [4.78, 5) is 48.5. The first-order valence-corrected chi connectivity index (χ1v) is 37.4. The molecule has 0 saturated carbocycles. The molecule has 7 N–H and O–H groups in total. The number of carbonyl (C=O) groups is 3. The average molecular weight is 1390 g/mol. The van der Waals surface area contributed by atoms with Crippen molar-refractivity contribution in [2.45, 2.75) is 105 Å². The fourth-order valence-electron chi connectivity index (χ4n) is 12.3. The zero-order valence-electron chi connectivity index (χ0n) is 49.3. The number of rotatable bonds is 25. The molecular formula is C57H67FN4O23S6. The summed E-state index contributed by atoms with van der Waals surface area (Å²) in [5.74, 6) is -7.81. The number of hydroxylamine groups is 2. The first-order chi connectivity index (χ1) is 41.9. The van der Waals surface area contributed by atoms with Gasteiger partial charge in [-0.15, -0.1) is 5.06 Å². The number of benzene rings is 4. The molecular weight excluding hydrogens is 1320 g/mol. The van der Waals surface area contributed by atoms with Crippen molar-refractivity contribution in [2.24, 2.45) is 5.92 Å². The number of hydrogen-bond acceptors (Lipinski definition) is 20. The van der Waals surface area contributed by atoms with Crippen LogP contribution >= 0.6 is 0 Å². The first kappa shape index (κ1) is 70.3. The molecule has 1 aliphatic carbocycles. The molecule has 0 aromatic heterocycles.